The molecule has 0 atom stereocenters. The molecule has 0 bridgehead atoms. The van der Waals surface area contributed by atoms with Crippen LogP contribution in [0.4, 0.5) is 5.69 Å². The first kappa shape index (κ1) is 11.5. The van der Waals surface area contributed by atoms with Gasteiger partial charge in [-0.3, -0.25) is 9.59 Å². The molecule has 15 heavy (non-hydrogen) atoms. The van der Waals surface area contributed by atoms with Crippen LogP contribution in [0.1, 0.15) is 5.56 Å². The number of carbonyl (C=O) groups is 2. The van der Waals surface area contributed by atoms with E-state index in [1.165, 1.54) is 0 Å². The van der Waals surface area contributed by atoms with Crippen molar-refractivity contribution in [2.24, 2.45) is 0 Å². The Balaban J connectivity index is 3.06. The van der Waals surface area contributed by atoms with E-state index in [4.69, 9.17) is 16.7 Å². The number of amides is 1. The van der Waals surface area contributed by atoms with Crippen molar-refractivity contribution in [1.29, 1.82) is 0 Å². The van der Waals surface area contributed by atoms with Gasteiger partial charge in [0.15, 0.2) is 0 Å². The summed E-state index contributed by atoms with van der Waals surface area (Å²) in [5, 5.41) is 9.11. The van der Waals surface area contributed by atoms with E-state index >= 15 is 0 Å². The molecule has 1 aromatic carbocycles. The number of benzene rings is 1. The molecule has 1 rings (SSSR count). The van der Waals surface area contributed by atoms with Crippen molar-refractivity contribution < 1.29 is 14.7 Å². The fraction of sp³-hybridized carbons (Fsp3) is 0.200. The second-order valence-electron chi connectivity index (χ2n) is 3.01. The van der Waals surface area contributed by atoms with Gasteiger partial charge >= 0.3 is 5.97 Å². The molecule has 0 aliphatic rings. The highest BCUT2D eigenvalue weighted by atomic mass is 35.5. The molecule has 0 saturated carbocycles. The van der Waals surface area contributed by atoms with Gasteiger partial charge in [-0.2, -0.15) is 0 Å². The first-order valence-corrected chi connectivity index (χ1v) is 4.63. The number of halogens is 1. The largest absolute Gasteiger partial charge is 0.480 e. The summed E-state index contributed by atoms with van der Waals surface area (Å²) in [5.41, 5.74) is 1.20. The Morgan fingerprint density at radius 2 is 2.27 bits per heavy atom. The first-order chi connectivity index (χ1) is 7.06. The Kier molecular flexibility index (Phi) is 3.68. The number of anilines is 1. The predicted octanol–water partition coefficient (Wildman–Crippen LogP) is 1.70. The maximum atomic E-state index is 10.7. The van der Waals surface area contributed by atoms with Gasteiger partial charge in [-0.15, -0.1) is 0 Å². The summed E-state index contributed by atoms with van der Waals surface area (Å²) in [5.74, 6) is -1.07. The molecule has 1 aromatic rings. The van der Waals surface area contributed by atoms with E-state index in [1.54, 1.807) is 25.1 Å². The van der Waals surface area contributed by atoms with E-state index in [1.807, 2.05) is 0 Å². The van der Waals surface area contributed by atoms with Crippen LogP contribution >= 0.6 is 11.6 Å². The van der Waals surface area contributed by atoms with Gasteiger partial charge in [0.1, 0.15) is 6.54 Å². The molecule has 80 valence electrons. The summed E-state index contributed by atoms with van der Waals surface area (Å²) in [7, 11) is 0. The number of carbonyl (C=O) groups excluding carboxylic acids is 1. The van der Waals surface area contributed by atoms with Crippen molar-refractivity contribution in [1.82, 2.24) is 0 Å². The van der Waals surface area contributed by atoms with Gasteiger partial charge in [0.05, 0.1) is 0 Å². The van der Waals surface area contributed by atoms with Crippen molar-refractivity contribution in [3.05, 3.63) is 28.8 Å². The van der Waals surface area contributed by atoms with Crippen LogP contribution < -0.4 is 4.90 Å². The van der Waals surface area contributed by atoms with Crippen molar-refractivity contribution in [3.63, 3.8) is 0 Å². The summed E-state index contributed by atoms with van der Waals surface area (Å²) < 4.78 is 0. The zero-order chi connectivity index (χ0) is 11.4. The van der Waals surface area contributed by atoms with E-state index < -0.39 is 5.97 Å². The highest BCUT2D eigenvalue weighted by Gasteiger charge is 2.12. The number of rotatable bonds is 4. The maximum absolute atomic E-state index is 10.7. The lowest BCUT2D eigenvalue weighted by Gasteiger charge is -2.17. The Hall–Kier alpha value is -1.55. The Morgan fingerprint density at radius 1 is 1.60 bits per heavy atom. The van der Waals surface area contributed by atoms with Gasteiger partial charge < -0.3 is 10.0 Å². The summed E-state index contributed by atoms with van der Waals surface area (Å²) in [6.45, 7) is 1.36. The van der Waals surface area contributed by atoms with Crippen molar-refractivity contribution in [2.75, 3.05) is 11.4 Å². The van der Waals surface area contributed by atoms with E-state index in [0.29, 0.717) is 22.7 Å². The lowest BCUT2D eigenvalue weighted by Crippen LogP contribution is -2.28. The van der Waals surface area contributed by atoms with Crippen molar-refractivity contribution in [2.45, 2.75) is 6.92 Å². The topological polar surface area (TPSA) is 57.6 Å². The summed E-state index contributed by atoms with van der Waals surface area (Å²) in [4.78, 5) is 22.3. The lowest BCUT2D eigenvalue weighted by atomic mass is 10.2. The van der Waals surface area contributed by atoms with Gasteiger partial charge in [-0.05, 0) is 24.6 Å². The molecule has 0 heterocycles. The zero-order valence-electron chi connectivity index (χ0n) is 8.11. The van der Waals surface area contributed by atoms with Crippen LogP contribution in [0, 0.1) is 6.92 Å². The standard InChI is InChI=1S/C10H10ClNO3/c1-7-8(11)3-2-4-9(7)12(6-13)5-10(14)15/h2-4,6H,5H2,1H3,(H,14,15). The molecule has 1 amide bonds. The molecular formula is C10H10ClNO3. The fourth-order valence-electron chi connectivity index (χ4n) is 1.23. The number of carboxylic acid groups (broad SMARTS) is 1. The summed E-state index contributed by atoms with van der Waals surface area (Å²) in [6.07, 6.45) is 0.479. The Bertz CT molecular complexity index is 392. The lowest BCUT2D eigenvalue weighted by molar-refractivity contribution is -0.136. The number of nitrogens with zero attached hydrogens (tertiary/aromatic N) is 1. The summed E-state index contributed by atoms with van der Waals surface area (Å²) in [6, 6.07) is 5.01. The Labute approximate surface area is 92.1 Å². The molecule has 0 saturated heterocycles. The second-order valence-corrected chi connectivity index (χ2v) is 3.42. The third-order valence-corrected chi connectivity index (χ3v) is 2.39. The minimum Gasteiger partial charge on any atom is -0.480 e. The molecule has 5 heteroatoms. The zero-order valence-corrected chi connectivity index (χ0v) is 8.86. The molecule has 0 aliphatic carbocycles. The van der Waals surface area contributed by atoms with Crippen molar-refractivity contribution >= 4 is 29.7 Å². The second kappa shape index (κ2) is 4.79. The van der Waals surface area contributed by atoms with Crippen molar-refractivity contribution in [3.8, 4) is 0 Å². The predicted molar refractivity (Wildman–Crippen MR) is 57.2 cm³/mol. The van der Waals surface area contributed by atoms with Crippen LogP contribution in [-0.4, -0.2) is 24.0 Å². The van der Waals surface area contributed by atoms with Crippen LogP contribution in [0.25, 0.3) is 0 Å². The average Bonchev–Trinajstić information content (AvgIpc) is 2.19. The quantitative estimate of drug-likeness (QED) is 0.797. The number of carboxylic acids is 1. The van der Waals surface area contributed by atoms with Crippen LogP contribution in [0.15, 0.2) is 18.2 Å². The number of hydrogen-bond donors (Lipinski definition) is 1. The minimum absolute atomic E-state index is 0.370. The van der Waals surface area contributed by atoms with Crippen LogP contribution in [-0.2, 0) is 9.59 Å². The number of hydrogen-bond acceptors (Lipinski definition) is 2. The van der Waals surface area contributed by atoms with Gasteiger partial charge in [0.2, 0.25) is 6.41 Å². The van der Waals surface area contributed by atoms with Gasteiger partial charge in [-0.25, -0.2) is 0 Å². The van der Waals surface area contributed by atoms with Crippen LogP contribution in [0.5, 0.6) is 0 Å². The molecule has 4 nitrogen and oxygen atoms in total. The van der Waals surface area contributed by atoms with Crippen LogP contribution in [0.2, 0.25) is 5.02 Å². The highest BCUT2D eigenvalue weighted by Crippen LogP contribution is 2.25. The van der Waals surface area contributed by atoms with E-state index in [0.717, 1.165) is 4.90 Å². The normalized spacial score (nSPS) is 9.73. The maximum Gasteiger partial charge on any atom is 0.323 e. The average molecular weight is 228 g/mol. The monoisotopic (exact) mass is 227 g/mol. The van der Waals surface area contributed by atoms with Gasteiger partial charge in [0.25, 0.3) is 0 Å². The van der Waals surface area contributed by atoms with E-state index in [9.17, 15) is 9.59 Å². The molecular weight excluding hydrogens is 218 g/mol. The molecule has 0 fully saturated rings. The minimum atomic E-state index is -1.07. The third-order valence-electron chi connectivity index (χ3n) is 1.98. The summed E-state index contributed by atoms with van der Waals surface area (Å²) >= 11 is 5.86. The molecule has 0 radical (unpaired) electrons. The SMILES string of the molecule is Cc1c(Cl)cccc1N(C=O)CC(=O)O. The molecule has 0 spiro atoms. The van der Waals surface area contributed by atoms with E-state index in [2.05, 4.69) is 0 Å². The molecule has 0 aromatic heterocycles. The van der Waals surface area contributed by atoms with Gasteiger partial charge in [-0.1, -0.05) is 17.7 Å². The molecule has 0 unspecified atom stereocenters. The van der Waals surface area contributed by atoms with E-state index in [-0.39, 0.29) is 6.54 Å². The third kappa shape index (κ3) is 2.70. The first-order valence-electron chi connectivity index (χ1n) is 4.25. The fourth-order valence-corrected chi connectivity index (χ4v) is 1.40. The smallest absolute Gasteiger partial charge is 0.323 e. The molecule has 1 N–H and O–H groups in total. The van der Waals surface area contributed by atoms with Gasteiger partial charge in [0, 0.05) is 10.7 Å². The molecule has 0 aliphatic heterocycles. The number of aliphatic carboxylic acids is 1. The van der Waals surface area contributed by atoms with Crippen LogP contribution in [0.3, 0.4) is 0 Å². The highest BCUT2D eigenvalue weighted by molar-refractivity contribution is 6.31. The Morgan fingerprint density at radius 3 is 2.80 bits per heavy atom.